The lowest BCUT2D eigenvalue weighted by molar-refractivity contribution is -0.136. The summed E-state index contributed by atoms with van der Waals surface area (Å²) in [5, 5.41) is 12.3. The van der Waals surface area contributed by atoms with Crippen LogP contribution in [0, 0.1) is 5.92 Å². The van der Waals surface area contributed by atoms with Gasteiger partial charge in [-0.05, 0) is 75.3 Å². The Kier molecular flexibility index (Phi) is 6.23. The van der Waals surface area contributed by atoms with Crippen LogP contribution in [0.15, 0.2) is 42.5 Å². The van der Waals surface area contributed by atoms with E-state index in [-0.39, 0.29) is 29.3 Å². The number of nitrogens with one attached hydrogen (secondary N) is 1. The average Bonchev–Trinajstić information content (AvgIpc) is 3.05. The molecule has 4 rings (SSSR count). The lowest BCUT2D eigenvalue weighted by atomic mass is 9.68. The number of phenolic OH excluding ortho intramolecular Hbond substituents is 1. The number of phenols is 1. The molecule has 2 aliphatic rings. The van der Waals surface area contributed by atoms with Gasteiger partial charge in [0.25, 0.3) is 0 Å². The molecule has 188 valence electrons. The summed E-state index contributed by atoms with van der Waals surface area (Å²) in [7, 11) is 0. The Hall–Kier alpha value is -3.23. The number of nitrogens with zero attached hydrogens (tertiary/aromatic N) is 1. The Morgan fingerprint density at radius 1 is 1.11 bits per heavy atom. The molecule has 1 fully saturated rings. The van der Waals surface area contributed by atoms with E-state index in [1.165, 1.54) is 18.2 Å². The molecule has 2 amide bonds. The first-order valence-corrected chi connectivity index (χ1v) is 11.6. The first-order chi connectivity index (χ1) is 16.3. The van der Waals surface area contributed by atoms with Crippen LogP contribution in [0.4, 0.5) is 23.7 Å². The van der Waals surface area contributed by atoms with Gasteiger partial charge in [-0.15, -0.1) is 0 Å². The van der Waals surface area contributed by atoms with Gasteiger partial charge in [0, 0.05) is 13.1 Å². The van der Waals surface area contributed by atoms with E-state index in [1.807, 2.05) is 0 Å². The minimum absolute atomic E-state index is 0.00256. The van der Waals surface area contributed by atoms with Gasteiger partial charge in [0.2, 0.25) is 5.91 Å². The second-order valence-corrected chi connectivity index (χ2v) is 10.2. The molecule has 1 unspecified atom stereocenters. The average molecular weight is 491 g/mol. The Morgan fingerprint density at radius 3 is 2.31 bits per heavy atom. The van der Waals surface area contributed by atoms with Crippen molar-refractivity contribution in [2.24, 2.45) is 5.92 Å². The van der Waals surface area contributed by atoms with E-state index in [0.717, 1.165) is 6.07 Å². The molecule has 0 aliphatic carbocycles. The number of hydrogen-bond acceptors (Lipinski definition) is 4. The number of fused-ring (bicyclic) bond motifs is 1. The number of aromatic hydroxyl groups is 1. The highest BCUT2D eigenvalue weighted by Crippen LogP contribution is 2.51. The number of benzene rings is 2. The topological polar surface area (TPSA) is 78.9 Å². The molecular formula is C26H29F3N2O4. The van der Waals surface area contributed by atoms with Gasteiger partial charge in [-0.3, -0.25) is 4.79 Å². The van der Waals surface area contributed by atoms with Crippen LogP contribution in [0.2, 0.25) is 0 Å². The molecule has 1 atom stereocenters. The lowest BCUT2D eigenvalue weighted by Gasteiger charge is -2.37. The van der Waals surface area contributed by atoms with Crippen LogP contribution in [0.25, 0.3) is 0 Å². The van der Waals surface area contributed by atoms with E-state index in [4.69, 9.17) is 4.74 Å². The maximum absolute atomic E-state index is 13.7. The highest BCUT2D eigenvalue weighted by molar-refractivity contribution is 6.09. The van der Waals surface area contributed by atoms with E-state index in [2.05, 4.69) is 5.32 Å². The highest BCUT2D eigenvalue weighted by atomic mass is 19.4. The first-order valence-electron chi connectivity index (χ1n) is 11.6. The maximum Gasteiger partial charge on any atom is 0.418 e. The quantitative estimate of drug-likeness (QED) is 0.580. The van der Waals surface area contributed by atoms with Gasteiger partial charge in [-0.1, -0.05) is 24.3 Å². The van der Waals surface area contributed by atoms with Gasteiger partial charge in [0.05, 0.1) is 11.3 Å². The van der Waals surface area contributed by atoms with Crippen molar-refractivity contribution in [3.05, 3.63) is 59.2 Å². The molecule has 0 spiro atoms. The number of amides is 2. The number of hydrogen-bond donors (Lipinski definition) is 2. The largest absolute Gasteiger partial charge is 0.508 e. The van der Waals surface area contributed by atoms with Crippen LogP contribution in [0.5, 0.6) is 5.75 Å². The van der Waals surface area contributed by atoms with Crippen molar-refractivity contribution in [2.45, 2.75) is 57.2 Å². The summed E-state index contributed by atoms with van der Waals surface area (Å²) < 4.78 is 46.7. The van der Waals surface area contributed by atoms with Gasteiger partial charge in [0.1, 0.15) is 16.8 Å². The Bertz CT molecular complexity index is 1120. The fourth-order valence-corrected chi connectivity index (χ4v) is 5.05. The third kappa shape index (κ3) is 4.81. The SMILES string of the molecule is CC(C)(C)OC(=O)N1CCC(CC2(c3ccc(O)cc3)C(=O)Nc3c(C(F)(F)F)cccc32)CC1. The standard InChI is InChI=1S/C26H29F3N2O4/c1-24(2,3)35-23(34)31-13-11-16(12-14-31)15-25(17-7-9-18(32)10-8-17)19-5-4-6-20(26(27,28)29)21(19)30-22(25)33/h4-10,16,32H,11-15H2,1-3H3,(H,30,33). The Labute approximate surface area is 202 Å². The molecule has 9 heteroatoms. The van der Waals surface area contributed by atoms with Crippen molar-refractivity contribution < 1.29 is 32.6 Å². The second-order valence-electron chi connectivity index (χ2n) is 10.2. The fourth-order valence-electron chi connectivity index (χ4n) is 5.05. The summed E-state index contributed by atoms with van der Waals surface area (Å²) in [4.78, 5) is 27.6. The Balaban J connectivity index is 1.67. The van der Waals surface area contributed by atoms with Gasteiger partial charge >= 0.3 is 12.3 Å². The van der Waals surface area contributed by atoms with Crippen LogP contribution in [0.1, 0.15) is 56.7 Å². The number of para-hydroxylation sites is 1. The Morgan fingerprint density at radius 2 is 1.74 bits per heavy atom. The summed E-state index contributed by atoms with van der Waals surface area (Å²) in [6, 6.07) is 9.88. The first kappa shape index (κ1) is 24.9. The predicted octanol–water partition coefficient (Wildman–Crippen LogP) is 5.69. The molecular weight excluding hydrogens is 461 g/mol. The second kappa shape index (κ2) is 8.77. The molecule has 0 saturated carbocycles. The number of alkyl halides is 3. The molecule has 6 nitrogen and oxygen atoms in total. The van der Waals surface area contributed by atoms with Crippen molar-refractivity contribution >= 4 is 17.7 Å². The maximum atomic E-state index is 13.7. The van der Waals surface area contributed by atoms with Crippen molar-refractivity contribution in [2.75, 3.05) is 18.4 Å². The van der Waals surface area contributed by atoms with Gasteiger partial charge in [-0.2, -0.15) is 13.2 Å². The summed E-state index contributed by atoms with van der Waals surface area (Å²) >= 11 is 0. The van der Waals surface area contributed by atoms with Crippen molar-refractivity contribution in [1.82, 2.24) is 4.90 Å². The summed E-state index contributed by atoms with van der Waals surface area (Å²) in [5.41, 5.74) is -2.27. The minimum atomic E-state index is -4.62. The molecule has 2 aliphatic heterocycles. The van der Waals surface area contributed by atoms with E-state index < -0.39 is 34.8 Å². The zero-order chi connectivity index (χ0) is 25.6. The van der Waals surface area contributed by atoms with Crippen LogP contribution in [-0.2, 0) is 21.1 Å². The van der Waals surface area contributed by atoms with Crippen LogP contribution >= 0.6 is 0 Å². The lowest BCUT2D eigenvalue weighted by Crippen LogP contribution is -2.44. The van der Waals surface area contributed by atoms with E-state index >= 15 is 0 Å². The molecule has 2 heterocycles. The third-order valence-electron chi connectivity index (χ3n) is 6.68. The van der Waals surface area contributed by atoms with Crippen molar-refractivity contribution in [1.29, 1.82) is 0 Å². The molecule has 2 N–H and O–H groups in total. The molecule has 35 heavy (non-hydrogen) atoms. The summed E-state index contributed by atoms with van der Waals surface area (Å²) in [5.74, 6) is -0.546. The van der Waals surface area contributed by atoms with E-state index in [1.54, 1.807) is 43.9 Å². The van der Waals surface area contributed by atoms with Crippen molar-refractivity contribution in [3.8, 4) is 5.75 Å². The van der Waals surface area contributed by atoms with Crippen LogP contribution in [0.3, 0.4) is 0 Å². The number of piperidine rings is 1. The highest BCUT2D eigenvalue weighted by Gasteiger charge is 2.52. The van der Waals surface area contributed by atoms with Gasteiger partial charge in [-0.25, -0.2) is 4.79 Å². The molecule has 2 aromatic carbocycles. The summed E-state index contributed by atoms with van der Waals surface area (Å²) in [6.07, 6.45) is -3.58. The van der Waals surface area contributed by atoms with Gasteiger partial charge in [0.15, 0.2) is 0 Å². The zero-order valence-electron chi connectivity index (χ0n) is 19.9. The van der Waals surface area contributed by atoms with Gasteiger partial charge < -0.3 is 20.1 Å². The number of anilines is 1. The number of rotatable bonds is 3. The van der Waals surface area contributed by atoms with Crippen LogP contribution in [-0.4, -0.2) is 40.7 Å². The third-order valence-corrected chi connectivity index (χ3v) is 6.68. The predicted molar refractivity (Wildman–Crippen MR) is 124 cm³/mol. The number of carbonyl (C=O) groups excluding carboxylic acids is 2. The fraction of sp³-hybridized carbons (Fsp3) is 0.462. The minimum Gasteiger partial charge on any atom is -0.508 e. The number of likely N-dealkylation sites (tertiary alicyclic amines) is 1. The van der Waals surface area contributed by atoms with Crippen molar-refractivity contribution in [3.63, 3.8) is 0 Å². The normalized spacial score (nSPS) is 21.0. The molecule has 0 radical (unpaired) electrons. The number of carbonyl (C=O) groups is 2. The van der Waals surface area contributed by atoms with E-state index in [0.29, 0.717) is 31.5 Å². The monoisotopic (exact) mass is 490 g/mol. The zero-order valence-corrected chi connectivity index (χ0v) is 19.9. The smallest absolute Gasteiger partial charge is 0.418 e. The van der Waals surface area contributed by atoms with E-state index in [9.17, 15) is 27.9 Å². The molecule has 2 aromatic rings. The molecule has 0 aromatic heterocycles. The number of halogens is 3. The summed E-state index contributed by atoms with van der Waals surface area (Å²) in [6.45, 7) is 6.25. The van der Waals surface area contributed by atoms with Crippen LogP contribution < -0.4 is 5.32 Å². The molecule has 1 saturated heterocycles. The molecule has 0 bridgehead atoms. The number of ether oxygens (including phenoxy) is 1.